The molecule has 1 saturated heterocycles. The zero-order chi connectivity index (χ0) is 13.8. The predicted molar refractivity (Wildman–Crippen MR) is 72.4 cm³/mol. The molecule has 0 saturated carbocycles. The highest BCUT2D eigenvalue weighted by atomic mass is 79.9. The molecule has 2 rings (SSSR count). The van der Waals surface area contributed by atoms with Crippen molar-refractivity contribution in [1.29, 1.82) is 0 Å². The van der Waals surface area contributed by atoms with E-state index in [-0.39, 0.29) is 17.5 Å². The van der Waals surface area contributed by atoms with Crippen molar-refractivity contribution in [3.63, 3.8) is 0 Å². The van der Waals surface area contributed by atoms with Crippen molar-refractivity contribution in [2.45, 2.75) is 18.9 Å². The van der Waals surface area contributed by atoms with E-state index in [1.807, 2.05) is 0 Å². The SMILES string of the molecule is O=C(O)c1cc(Br)cc(C(=O)NC2CCCOC2)c1. The zero-order valence-corrected chi connectivity index (χ0v) is 11.8. The second-order valence-electron chi connectivity index (χ2n) is 4.42. The summed E-state index contributed by atoms with van der Waals surface area (Å²) in [6.45, 7) is 1.23. The van der Waals surface area contributed by atoms with Crippen molar-refractivity contribution in [2.24, 2.45) is 0 Å². The van der Waals surface area contributed by atoms with Crippen LogP contribution in [0.25, 0.3) is 0 Å². The van der Waals surface area contributed by atoms with Gasteiger partial charge in [0, 0.05) is 16.6 Å². The summed E-state index contributed by atoms with van der Waals surface area (Å²) in [6, 6.07) is 4.42. The maximum Gasteiger partial charge on any atom is 0.335 e. The number of nitrogens with one attached hydrogen (secondary N) is 1. The first-order valence-electron chi connectivity index (χ1n) is 5.99. The molecule has 1 amide bonds. The van der Waals surface area contributed by atoms with Crippen LogP contribution in [-0.2, 0) is 4.74 Å². The molecule has 0 radical (unpaired) electrons. The fourth-order valence-corrected chi connectivity index (χ4v) is 2.46. The molecule has 1 aliphatic rings. The van der Waals surface area contributed by atoms with Crippen molar-refractivity contribution in [3.8, 4) is 0 Å². The Balaban J connectivity index is 2.11. The van der Waals surface area contributed by atoms with E-state index in [2.05, 4.69) is 21.2 Å². The van der Waals surface area contributed by atoms with Gasteiger partial charge in [-0.1, -0.05) is 15.9 Å². The summed E-state index contributed by atoms with van der Waals surface area (Å²) < 4.78 is 5.85. The van der Waals surface area contributed by atoms with Crippen LogP contribution in [0.2, 0.25) is 0 Å². The summed E-state index contributed by atoms with van der Waals surface area (Å²) in [5.41, 5.74) is 0.414. The van der Waals surface area contributed by atoms with Crippen LogP contribution in [-0.4, -0.2) is 36.2 Å². The van der Waals surface area contributed by atoms with Crippen molar-refractivity contribution in [1.82, 2.24) is 5.32 Å². The monoisotopic (exact) mass is 327 g/mol. The van der Waals surface area contributed by atoms with Gasteiger partial charge in [0.1, 0.15) is 0 Å². The fourth-order valence-electron chi connectivity index (χ4n) is 1.97. The highest BCUT2D eigenvalue weighted by Crippen LogP contribution is 2.17. The van der Waals surface area contributed by atoms with E-state index in [9.17, 15) is 9.59 Å². The Morgan fingerprint density at radius 1 is 1.32 bits per heavy atom. The number of halogens is 1. The number of hydrogen-bond donors (Lipinski definition) is 2. The van der Waals surface area contributed by atoms with E-state index in [1.54, 1.807) is 6.07 Å². The van der Waals surface area contributed by atoms with E-state index in [1.165, 1.54) is 12.1 Å². The Labute approximate surface area is 119 Å². The lowest BCUT2D eigenvalue weighted by atomic mass is 10.1. The average Bonchev–Trinajstić information content (AvgIpc) is 2.39. The van der Waals surface area contributed by atoms with Crippen LogP contribution in [0.1, 0.15) is 33.6 Å². The van der Waals surface area contributed by atoms with Crippen LogP contribution in [0.15, 0.2) is 22.7 Å². The Morgan fingerprint density at radius 3 is 2.68 bits per heavy atom. The molecule has 1 fully saturated rings. The molecule has 0 aliphatic carbocycles. The number of ether oxygens (including phenoxy) is 1. The van der Waals surface area contributed by atoms with Crippen molar-refractivity contribution < 1.29 is 19.4 Å². The third kappa shape index (κ3) is 3.78. The van der Waals surface area contributed by atoms with Crippen molar-refractivity contribution >= 4 is 27.8 Å². The largest absolute Gasteiger partial charge is 0.478 e. The van der Waals surface area contributed by atoms with Gasteiger partial charge in [0.25, 0.3) is 5.91 Å². The highest BCUT2D eigenvalue weighted by molar-refractivity contribution is 9.10. The molecule has 0 spiro atoms. The molecule has 19 heavy (non-hydrogen) atoms. The molecule has 1 atom stereocenters. The van der Waals surface area contributed by atoms with E-state index in [0.29, 0.717) is 16.6 Å². The Kier molecular flexibility index (Phi) is 4.55. The van der Waals surface area contributed by atoms with Gasteiger partial charge in [-0.3, -0.25) is 4.79 Å². The number of amides is 1. The number of carboxylic acids is 1. The van der Waals surface area contributed by atoms with Gasteiger partial charge >= 0.3 is 5.97 Å². The number of hydrogen-bond acceptors (Lipinski definition) is 3. The lowest BCUT2D eigenvalue weighted by Crippen LogP contribution is -2.40. The summed E-state index contributed by atoms with van der Waals surface area (Å²) in [5.74, 6) is -1.34. The van der Waals surface area contributed by atoms with Crippen LogP contribution >= 0.6 is 15.9 Å². The number of rotatable bonds is 3. The third-order valence-corrected chi connectivity index (χ3v) is 3.36. The van der Waals surface area contributed by atoms with Gasteiger partial charge in [-0.05, 0) is 31.0 Å². The first-order chi connectivity index (χ1) is 9.06. The molecule has 0 bridgehead atoms. The third-order valence-electron chi connectivity index (χ3n) is 2.90. The predicted octanol–water partition coefficient (Wildman–Crippen LogP) is 2.06. The van der Waals surface area contributed by atoms with Gasteiger partial charge in [0.15, 0.2) is 0 Å². The first kappa shape index (κ1) is 14.0. The van der Waals surface area contributed by atoms with Gasteiger partial charge in [0.05, 0.1) is 18.2 Å². The summed E-state index contributed by atoms with van der Waals surface area (Å²) in [7, 11) is 0. The maximum atomic E-state index is 12.1. The van der Waals surface area contributed by atoms with E-state index < -0.39 is 5.97 Å². The van der Waals surface area contributed by atoms with E-state index >= 15 is 0 Å². The Hall–Kier alpha value is -1.40. The molecule has 1 heterocycles. The van der Waals surface area contributed by atoms with Gasteiger partial charge in [-0.15, -0.1) is 0 Å². The van der Waals surface area contributed by atoms with Crippen LogP contribution in [0.3, 0.4) is 0 Å². The smallest absolute Gasteiger partial charge is 0.335 e. The van der Waals surface area contributed by atoms with Crippen molar-refractivity contribution in [3.05, 3.63) is 33.8 Å². The van der Waals surface area contributed by atoms with Gasteiger partial charge in [0.2, 0.25) is 0 Å². The second kappa shape index (κ2) is 6.16. The Morgan fingerprint density at radius 2 is 2.05 bits per heavy atom. The minimum absolute atomic E-state index is 0.00601. The molecule has 1 aromatic rings. The summed E-state index contributed by atoms with van der Waals surface area (Å²) in [6.07, 6.45) is 1.80. The number of carboxylic acid groups (broad SMARTS) is 1. The number of carbonyl (C=O) groups is 2. The molecule has 1 unspecified atom stereocenters. The summed E-state index contributed by atoms with van der Waals surface area (Å²) >= 11 is 3.21. The summed E-state index contributed by atoms with van der Waals surface area (Å²) in [4.78, 5) is 23.0. The Bertz CT molecular complexity index is 497. The molecule has 102 valence electrons. The molecule has 5 nitrogen and oxygen atoms in total. The second-order valence-corrected chi connectivity index (χ2v) is 5.34. The van der Waals surface area contributed by atoms with Gasteiger partial charge in [-0.25, -0.2) is 4.79 Å². The average molecular weight is 328 g/mol. The molecular weight excluding hydrogens is 314 g/mol. The highest BCUT2D eigenvalue weighted by Gasteiger charge is 2.18. The lowest BCUT2D eigenvalue weighted by molar-refractivity contribution is 0.0624. The number of carbonyl (C=O) groups excluding carboxylic acids is 1. The molecular formula is C13H14BrNO4. The van der Waals surface area contributed by atoms with Crippen LogP contribution in [0, 0.1) is 0 Å². The van der Waals surface area contributed by atoms with Gasteiger partial charge < -0.3 is 15.2 Å². The summed E-state index contributed by atoms with van der Waals surface area (Å²) in [5, 5.41) is 11.8. The first-order valence-corrected chi connectivity index (χ1v) is 6.78. The lowest BCUT2D eigenvalue weighted by Gasteiger charge is -2.23. The molecule has 0 aromatic heterocycles. The molecule has 1 aliphatic heterocycles. The minimum Gasteiger partial charge on any atom is -0.478 e. The maximum absolute atomic E-state index is 12.1. The standard InChI is InChI=1S/C13H14BrNO4/c14-10-5-8(4-9(6-10)13(17)18)12(16)15-11-2-1-3-19-7-11/h4-6,11H,1-3,7H2,(H,15,16)(H,17,18). The molecule has 2 N–H and O–H groups in total. The van der Waals surface area contributed by atoms with Gasteiger partial charge in [-0.2, -0.15) is 0 Å². The number of aromatic carboxylic acids is 1. The van der Waals surface area contributed by atoms with E-state index in [4.69, 9.17) is 9.84 Å². The van der Waals surface area contributed by atoms with Crippen LogP contribution in [0.5, 0.6) is 0 Å². The molecule has 1 aromatic carbocycles. The van der Waals surface area contributed by atoms with Crippen LogP contribution in [0.4, 0.5) is 0 Å². The quantitative estimate of drug-likeness (QED) is 0.890. The minimum atomic E-state index is -1.06. The fraction of sp³-hybridized carbons (Fsp3) is 0.385. The van der Waals surface area contributed by atoms with Crippen molar-refractivity contribution in [2.75, 3.05) is 13.2 Å². The number of benzene rings is 1. The molecule has 6 heteroatoms. The topological polar surface area (TPSA) is 75.6 Å². The van der Waals surface area contributed by atoms with E-state index in [0.717, 1.165) is 19.4 Å². The van der Waals surface area contributed by atoms with Crippen LogP contribution < -0.4 is 5.32 Å². The normalized spacial score (nSPS) is 18.9. The zero-order valence-electron chi connectivity index (χ0n) is 10.2.